The molecule has 122 valence electrons. The van der Waals surface area contributed by atoms with Gasteiger partial charge in [0, 0.05) is 13.0 Å². The van der Waals surface area contributed by atoms with Crippen LogP contribution in [0.4, 0.5) is 0 Å². The SMILES string of the molecule is Cc1ccccc1S(=O)(=O)NCc1ccc2c(c1)OCCCO2. The van der Waals surface area contributed by atoms with Gasteiger partial charge in [0.25, 0.3) is 0 Å². The summed E-state index contributed by atoms with van der Waals surface area (Å²) < 4.78 is 38.6. The highest BCUT2D eigenvalue weighted by molar-refractivity contribution is 7.89. The Bertz CT molecular complexity index is 802. The van der Waals surface area contributed by atoms with Crippen LogP contribution in [-0.4, -0.2) is 21.6 Å². The zero-order chi connectivity index (χ0) is 16.3. The van der Waals surface area contributed by atoms with Gasteiger partial charge in [-0.05, 0) is 36.2 Å². The normalized spacial score (nSPS) is 14.3. The van der Waals surface area contributed by atoms with E-state index in [4.69, 9.17) is 9.47 Å². The standard InChI is InChI=1S/C17H19NO4S/c1-13-5-2-3-6-17(13)23(19,20)18-12-14-7-8-15-16(11-14)22-10-4-9-21-15/h2-3,5-8,11,18H,4,9-10,12H2,1H3. The lowest BCUT2D eigenvalue weighted by molar-refractivity contribution is 0.297. The Balaban J connectivity index is 1.76. The van der Waals surface area contributed by atoms with Crippen LogP contribution in [0.25, 0.3) is 0 Å². The highest BCUT2D eigenvalue weighted by atomic mass is 32.2. The van der Waals surface area contributed by atoms with Crippen molar-refractivity contribution in [3.8, 4) is 11.5 Å². The van der Waals surface area contributed by atoms with Crippen molar-refractivity contribution in [3.63, 3.8) is 0 Å². The van der Waals surface area contributed by atoms with Crippen LogP contribution in [0.2, 0.25) is 0 Å². The molecule has 1 heterocycles. The first-order valence-electron chi connectivity index (χ1n) is 7.50. The van der Waals surface area contributed by atoms with Crippen molar-refractivity contribution in [2.24, 2.45) is 0 Å². The summed E-state index contributed by atoms with van der Waals surface area (Å²) in [6.07, 6.45) is 0.837. The van der Waals surface area contributed by atoms with Gasteiger partial charge in [0.15, 0.2) is 11.5 Å². The van der Waals surface area contributed by atoms with Crippen LogP contribution in [0, 0.1) is 6.92 Å². The van der Waals surface area contributed by atoms with E-state index >= 15 is 0 Å². The monoisotopic (exact) mass is 333 g/mol. The molecule has 0 radical (unpaired) electrons. The fraction of sp³-hybridized carbons (Fsp3) is 0.294. The third-order valence-electron chi connectivity index (χ3n) is 3.66. The lowest BCUT2D eigenvalue weighted by Crippen LogP contribution is -2.24. The quantitative estimate of drug-likeness (QED) is 0.934. The minimum Gasteiger partial charge on any atom is -0.490 e. The molecular weight excluding hydrogens is 314 g/mol. The molecule has 3 rings (SSSR count). The van der Waals surface area contributed by atoms with E-state index in [-0.39, 0.29) is 6.54 Å². The lowest BCUT2D eigenvalue weighted by atomic mass is 10.2. The van der Waals surface area contributed by atoms with Gasteiger partial charge in [-0.2, -0.15) is 0 Å². The van der Waals surface area contributed by atoms with Gasteiger partial charge >= 0.3 is 0 Å². The van der Waals surface area contributed by atoms with E-state index in [1.807, 2.05) is 24.3 Å². The Morgan fingerprint density at radius 3 is 2.57 bits per heavy atom. The predicted molar refractivity (Wildman–Crippen MR) is 87.3 cm³/mol. The molecule has 0 atom stereocenters. The largest absolute Gasteiger partial charge is 0.490 e. The van der Waals surface area contributed by atoms with E-state index in [1.165, 1.54) is 0 Å². The molecule has 0 fully saturated rings. The number of ether oxygens (including phenoxy) is 2. The van der Waals surface area contributed by atoms with Crippen LogP contribution in [0.5, 0.6) is 11.5 Å². The van der Waals surface area contributed by atoms with E-state index < -0.39 is 10.0 Å². The first-order valence-corrected chi connectivity index (χ1v) is 8.98. The minimum absolute atomic E-state index is 0.202. The zero-order valence-corrected chi connectivity index (χ0v) is 13.7. The van der Waals surface area contributed by atoms with Crippen molar-refractivity contribution in [3.05, 3.63) is 53.6 Å². The Morgan fingerprint density at radius 2 is 1.78 bits per heavy atom. The lowest BCUT2D eigenvalue weighted by Gasteiger charge is -2.11. The summed E-state index contributed by atoms with van der Waals surface area (Å²) in [6.45, 7) is 3.22. The van der Waals surface area contributed by atoms with Gasteiger partial charge in [-0.1, -0.05) is 24.3 Å². The number of rotatable bonds is 4. The molecule has 0 bridgehead atoms. The molecule has 1 aliphatic rings. The van der Waals surface area contributed by atoms with Crippen molar-refractivity contribution < 1.29 is 17.9 Å². The van der Waals surface area contributed by atoms with Crippen LogP contribution in [0.1, 0.15) is 17.5 Å². The molecule has 0 spiro atoms. The molecule has 23 heavy (non-hydrogen) atoms. The molecule has 0 saturated carbocycles. The fourth-order valence-electron chi connectivity index (χ4n) is 2.43. The Hall–Kier alpha value is -2.05. The van der Waals surface area contributed by atoms with Crippen molar-refractivity contribution in [2.75, 3.05) is 13.2 Å². The highest BCUT2D eigenvalue weighted by Crippen LogP contribution is 2.30. The summed E-state index contributed by atoms with van der Waals surface area (Å²) in [4.78, 5) is 0.300. The predicted octanol–water partition coefficient (Wildman–Crippen LogP) is 2.63. The van der Waals surface area contributed by atoms with Crippen LogP contribution >= 0.6 is 0 Å². The van der Waals surface area contributed by atoms with Crippen LogP contribution in [0.3, 0.4) is 0 Å². The Labute approximate surface area is 136 Å². The maximum atomic E-state index is 12.4. The highest BCUT2D eigenvalue weighted by Gasteiger charge is 2.17. The van der Waals surface area contributed by atoms with Gasteiger partial charge in [0.05, 0.1) is 18.1 Å². The maximum Gasteiger partial charge on any atom is 0.241 e. The van der Waals surface area contributed by atoms with Gasteiger partial charge in [0.2, 0.25) is 10.0 Å². The Kier molecular flexibility index (Phi) is 4.54. The maximum absolute atomic E-state index is 12.4. The zero-order valence-electron chi connectivity index (χ0n) is 12.9. The molecule has 2 aromatic rings. The van der Waals surface area contributed by atoms with Crippen LogP contribution in [-0.2, 0) is 16.6 Å². The Morgan fingerprint density at radius 1 is 1.04 bits per heavy atom. The average Bonchev–Trinajstić information content (AvgIpc) is 2.78. The summed E-state index contributed by atoms with van der Waals surface area (Å²) in [7, 11) is -3.54. The molecule has 6 heteroatoms. The number of aryl methyl sites for hydroxylation is 1. The van der Waals surface area contributed by atoms with Gasteiger partial charge in [-0.15, -0.1) is 0 Å². The minimum atomic E-state index is -3.54. The first kappa shape index (κ1) is 15.8. The number of benzene rings is 2. The summed E-state index contributed by atoms with van der Waals surface area (Å²) in [5.41, 5.74) is 1.55. The van der Waals surface area contributed by atoms with Gasteiger partial charge < -0.3 is 9.47 Å². The van der Waals surface area contributed by atoms with E-state index in [0.717, 1.165) is 17.5 Å². The second-order valence-electron chi connectivity index (χ2n) is 5.42. The smallest absolute Gasteiger partial charge is 0.241 e. The number of hydrogen-bond donors (Lipinski definition) is 1. The first-order chi connectivity index (χ1) is 11.1. The number of fused-ring (bicyclic) bond motifs is 1. The van der Waals surface area contributed by atoms with E-state index in [1.54, 1.807) is 25.1 Å². The second-order valence-corrected chi connectivity index (χ2v) is 7.16. The fourth-order valence-corrected chi connectivity index (χ4v) is 3.69. The summed E-state index contributed by atoms with van der Waals surface area (Å²) in [5, 5.41) is 0. The molecular formula is C17H19NO4S. The van der Waals surface area contributed by atoms with Crippen LogP contribution in [0.15, 0.2) is 47.4 Å². The molecule has 5 nitrogen and oxygen atoms in total. The molecule has 1 aliphatic heterocycles. The molecule has 0 saturated heterocycles. The van der Waals surface area contributed by atoms with Gasteiger partial charge in [0.1, 0.15) is 0 Å². The molecule has 0 unspecified atom stereocenters. The average molecular weight is 333 g/mol. The summed E-state index contributed by atoms with van der Waals surface area (Å²) in [5.74, 6) is 1.36. The second kappa shape index (κ2) is 6.60. The molecule has 0 aromatic heterocycles. The number of nitrogens with one attached hydrogen (secondary N) is 1. The number of hydrogen-bond acceptors (Lipinski definition) is 4. The van der Waals surface area contributed by atoms with Gasteiger partial charge in [-0.25, -0.2) is 13.1 Å². The molecule has 2 aromatic carbocycles. The van der Waals surface area contributed by atoms with E-state index in [2.05, 4.69) is 4.72 Å². The third kappa shape index (κ3) is 3.65. The third-order valence-corrected chi connectivity index (χ3v) is 5.22. The number of sulfonamides is 1. The topological polar surface area (TPSA) is 64.6 Å². The van der Waals surface area contributed by atoms with Crippen LogP contribution < -0.4 is 14.2 Å². The van der Waals surface area contributed by atoms with E-state index in [9.17, 15) is 8.42 Å². The molecule has 1 N–H and O–H groups in total. The summed E-state index contributed by atoms with van der Waals surface area (Å²) in [6, 6.07) is 12.4. The van der Waals surface area contributed by atoms with E-state index in [0.29, 0.717) is 29.6 Å². The van der Waals surface area contributed by atoms with Gasteiger partial charge in [-0.3, -0.25) is 0 Å². The van der Waals surface area contributed by atoms with Crippen molar-refractivity contribution in [1.82, 2.24) is 4.72 Å². The summed E-state index contributed by atoms with van der Waals surface area (Å²) >= 11 is 0. The molecule has 0 amide bonds. The van der Waals surface area contributed by atoms with Crippen molar-refractivity contribution in [1.29, 1.82) is 0 Å². The molecule has 0 aliphatic carbocycles. The van der Waals surface area contributed by atoms with Crippen molar-refractivity contribution in [2.45, 2.75) is 24.8 Å². The van der Waals surface area contributed by atoms with Crippen molar-refractivity contribution >= 4 is 10.0 Å².